The fourth-order valence-electron chi connectivity index (χ4n) is 6.24. The quantitative estimate of drug-likeness (QED) is 0.0366. The highest BCUT2D eigenvalue weighted by atomic mass is 16.4. The number of aromatic hydroxyl groups is 2. The Bertz CT molecular complexity index is 2020. The molecule has 17 N–H and O–H groups in total. The molecule has 370 valence electrons. The Morgan fingerprint density at radius 1 is 0.552 bits per heavy atom. The molecular weight excluding hydrogens is 883 g/mol. The van der Waals surface area contributed by atoms with E-state index in [9.17, 15) is 73.8 Å². The van der Waals surface area contributed by atoms with Crippen LogP contribution >= 0.6 is 0 Å². The van der Waals surface area contributed by atoms with Crippen LogP contribution in [0.4, 0.5) is 0 Å². The van der Waals surface area contributed by atoms with E-state index in [1.54, 1.807) is 0 Å². The molecule has 0 radical (unpaired) electrons. The summed E-state index contributed by atoms with van der Waals surface area (Å²) in [7, 11) is 0. The van der Waals surface area contributed by atoms with Crippen molar-refractivity contribution in [2.75, 3.05) is 13.2 Å². The van der Waals surface area contributed by atoms with Gasteiger partial charge in [0.05, 0.1) is 19.1 Å². The number of hydrogen-bond donors (Lipinski definition) is 15. The smallest absolute Gasteiger partial charge is 0.326 e. The molecule has 67 heavy (non-hydrogen) atoms. The van der Waals surface area contributed by atoms with Crippen LogP contribution in [0.2, 0.25) is 0 Å². The van der Waals surface area contributed by atoms with Gasteiger partial charge in [-0.25, -0.2) is 4.79 Å². The first kappa shape index (κ1) is 56.2. The molecule has 2 rings (SSSR count). The van der Waals surface area contributed by atoms with Crippen LogP contribution in [0.25, 0.3) is 0 Å². The van der Waals surface area contributed by atoms with Crippen LogP contribution in [0.5, 0.6) is 11.5 Å². The second kappa shape index (κ2) is 27.6. The van der Waals surface area contributed by atoms with Crippen LogP contribution in [-0.4, -0.2) is 152 Å². The number of phenols is 2. The summed E-state index contributed by atoms with van der Waals surface area (Å²) in [5.41, 5.74) is 12.1. The van der Waals surface area contributed by atoms with Crippen molar-refractivity contribution in [3.8, 4) is 11.5 Å². The van der Waals surface area contributed by atoms with Gasteiger partial charge in [0.25, 0.3) is 0 Å². The lowest BCUT2D eigenvalue weighted by Crippen LogP contribution is -2.61. The van der Waals surface area contributed by atoms with E-state index < -0.39 is 127 Å². The summed E-state index contributed by atoms with van der Waals surface area (Å²) in [5.74, 6) is -10.9. The van der Waals surface area contributed by atoms with Crippen LogP contribution in [0.15, 0.2) is 48.5 Å². The van der Waals surface area contributed by atoms with Crippen molar-refractivity contribution in [1.82, 2.24) is 37.2 Å². The van der Waals surface area contributed by atoms with Crippen molar-refractivity contribution in [2.24, 2.45) is 17.4 Å². The largest absolute Gasteiger partial charge is 0.508 e. The Labute approximate surface area is 386 Å². The second-order valence-corrected chi connectivity index (χ2v) is 16.2. The lowest BCUT2D eigenvalue weighted by Gasteiger charge is -2.27. The topological polar surface area (TPSA) is 411 Å². The van der Waals surface area contributed by atoms with Crippen molar-refractivity contribution in [1.29, 1.82) is 0 Å². The Hall–Kier alpha value is -6.89. The van der Waals surface area contributed by atoms with Gasteiger partial charge in [-0.05, 0) is 81.0 Å². The van der Waals surface area contributed by atoms with E-state index in [-0.39, 0.29) is 30.8 Å². The second-order valence-electron chi connectivity index (χ2n) is 16.2. The molecule has 0 spiro atoms. The van der Waals surface area contributed by atoms with Crippen molar-refractivity contribution in [3.05, 3.63) is 59.7 Å². The van der Waals surface area contributed by atoms with Crippen molar-refractivity contribution < 1.29 is 73.8 Å². The first-order chi connectivity index (χ1) is 31.5. The van der Waals surface area contributed by atoms with Gasteiger partial charge in [-0.3, -0.25) is 38.4 Å². The highest BCUT2D eigenvalue weighted by molar-refractivity contribution is 5.98. The molecule has 0 aliphatic rings. The number of nitrogens with two attached hydrogens (primary N) is 2. The van der Waals surface area contributed by atoms with Gasteiger partial charge >= 0.3 is 11.9 Å². The molecule has 0 saturated heterocycles. The van der Waals surface area contributed by atoms with Gasteiger partial charge in [0.2, 0.25) is 41.4 Å². The zero-order chi connectivity index (χ0) is 50.5. The maximum absolute atomic E-state index is 13.9. The van der Waals surface area contributed by atoms with Crippen LogP contribution in [0.3, 0.4) is 0 Å². The normalized spacial score (nSPS) is 15.1. The van der Waals surface area contributed by atoms with Crippen LogP contribution in [-0.2, 0) is 56.0 Å². The van der Waals surface area contributed by atoms with E-state index in [1.807, 2.05) is 0 Å². The Balaban J connectivity index is 2.29. The molecule has 0 aromatic heterocycles. The minimum absolute atomic E-state index is 0.0504. The molecule has 7 amide bonds. The lowest BCUT2D eigenvalue weighted by molar-refractivity contribution is -0.143. The Kier molecular flexibility index (Phi) is 23.1. The molecule has 24 heteroatoms. The summed E-state index contributed by atoms with van der Waals surface area (Å²) in [6, 6.07) is -1.12. The molecule has 0 aliphatic heterocycles. The minimum atomic E-state index is -1.91. The molecule has 0 bridgehead atoms. The third kappa shape index (κ3) is 19.2. The van der Waals surface area contributed by atoms with Crippen molar-refractivity contribution >= 4 is 53.3 Å². The Morgan fingerprint density at radius 2 is 0.985 bits per heavy atom. The zero-order valence-electron chi connectivity index (χ0n) is 37.6. The van der Waals surface area contributed by atoms with E-state index in [4.69, 9.17) is 11.5 Å². The number of nitrogens with one attached hydrogen (secondary N) is 7. The van der Waals surface area contributed by atoms with Gasteiger partial charge in [-0.15, -0.1) is 0 Å². The number of amides is 7. The average molecular weight is 946 g/mol. The number of unbranched alkanes of at least 4 members (excludes halogenated alkanes) is 1. The third-order valence-corrected chi connectivity index (χ3v) is 10.2. The SMILES string of the molecule is CC(C)[C@H](NC(=O)[C@H](CO)NC(=O)[C@H](CC(=O)O)NC(=O)[C@H](C)NC(=O)[C@H](Cc1ccc(O)cc1)NC(=O)[C@H](Cc1ccc(O)cc1)NC(=O)[C@@H](N)[C@@H](C)O)C(=O)N[C@@H](CCCCN)C(=O)O. The molecule has 0 aliphatic carbocycles. The van der Waals surface area contributed by atoms with E-state index in [0.717, 1.165) is 0 Å². The number of benzene rings is 2. The van der Waals surface area contributed by atoms with Gasteiger partial charge in [0.15, 0.2) is 0 Å². The van der Waals surface area contributed by atoms with Crippen molar-refractivity contribution in [2.45, 2.75) is 121 Å². The summed E-state index contributed by atoms with van der Waals surface area (Å²) in [6.07, 6.45) is -1.85. The molecule has 0 heterocycles. The molecular formula is C43H63N9O15. The lowest BCUT2D eigenvalue weighted by atomic mass is 10.0. The highest BCUT2D eigenvalue weighted by Gasteiger charge is 2.35. The summed E-state index contributed by atoms with van der Waals surface area (Å²) in [5, 5.41) is 75.0. The molecule has 0 unspecified atom stereocenters. The number of phenolic OH excluding ortho intramolecular Hbond substituents is 2. The zero-order valence-corrected chi connectivity index (χ0v) is 37.6. The number of carbonyl (C=O) groups excluding carboxylic acids is 7. The maximum Gasteiger partial charge on any atom is 0.326 e. The van der Waals surface area contributed by atoms with Crippen molar-refractivity contribution in [3.63, 3.8) is 0 Å². The molecule has 0 fully saturated rings. The standard InChI is InChI=1S/C43H63N9O15/c1-21(2)35(42(65)47-28(43(66)67)7-5-6-16-44)52-40(63)32(20-53)51-39(62)31(19-33(57)58)48-36(59)22(3)46-37(60)29(17-24-8-12-26(55)13-9-24)49-38(61)30(50-41(64)34(45)23(4)54)18-25-10-14-27(56)15-11-25/h8-15,21-23,28-32,34-35,53-56H,5-7,16-20,44-45H2,1-4H3,(H,46,60)(H,47,65)(H,48,59)(H,49,61)(H,50,64)(H,51,62)(H,52,63)(H,57,58)(H,66,67)/t22-,23+,28-,29-,30-,31-,32-,34-,35-/m0/s1. The first-order valence-corrected chi connectivity index (χ1v) is 21.3. The summed E-state index contributed by atoms with van der Waals surface area (Å²) in [6.45, 7) is 4.74. The van der Waals surface area contributed by atoms with Crippen LogP contribution in [0, 0.1) is 5.92 Å². The molecule has 2 aromatic rings. The number of rotatable bonds is 28. The minimum Gasteiger partial charge on any atom is -0.508 e. The summed E-state index contributed by atoms with van der Waals surface area (Å²) in [4.78, 5) is 117. The van der Waals surface area contributed by atoms with Gasteiger partial charge in [0, 0.05) is 12.8 Å². The number of carboxylic acids is 2. The van der Waals surface area contributed by atoms with E-state index in [0.29, 0.717) is 30.5 Å². The average Bonchev–Trinajstić information content (AvgIpc) is 3.26. The van der Waals surface area contributed by atoms with E-state index in [1.165, 1.54) is 76.2 Å². The first-order valence-electron chi connectivity index (χ1n) is 21.3. The number of aliphatic hydroxyl groups is 2. The fourth-order valence-corrected chi connectivity index (χ4v) is 6.24. The maximum atomic E-state index is 13.9. The molecule has 24 nitrogen and oxygen atoms in total. The fraction of sp³-hybridized carbons (Fsp3) is 0.512. The monoisotopic (exact) mass is 945 g/mol. The predicted molar refractivity (Wildman–Crippen MR) is 237 cm³/mol. The van der Waals surface area contributed by atoms with E-state index in [2.05, 4.69) is 37.2 Å². The predicted octanol–water partition coefficient (Wildman–Crippen LogP) is -3.66. The summed E-state index contributed by atoms with van der Waals surface area (Å²) < 4.78 is 0. The van der Waals surface area contributed by atoms with Gasteiger partial charge in [-0.1, -0.05) is 38.1 Å². The molecule has 9 atom stereocenters. The van der Waals surface area contributed by atoms with Gasteiger partial charge in [-0.2, -0.15) is 0 Å². The number of aliphatic carboxylic acids is 2. The number of hydrogen-bond acceptors (Lipinski definition) is 15. The van der Waals surface area contributed by atoms with Gasteiger partial charge in [0.1, 0.15) is 59.8 Å². The van der Waals surface area contributed by atoms with Crippen LogP contribution < -0.4 is 48.7 Å². The third-order valence-electron chi connectivity index (χ3n) is 10.2. The summed E-state index contributed by atoms with van der Waals surface area (Å²) >= 11 is 0. The highest BCUT2D eigenvalue weighted by Crippen LogP contribution is 2.15. The number of carboxylic acid groups (broad SMARTS) is 2. The molecule has 0 saturated carbocycles. The van der Waals surface area contributed by atoms with Gasteiger partial charge < -0.3 is 79.3 Å². The Morgan fingerprint density at radius 3 is 1.43 bits per heavy atom. The number of aliphatic hydroxyl groups excluding tert-OH is 2. The molecule has 2 aromatic carbocycles. The number of carbonyl (C=O) groups is 9. The van der Waals surface area contributed by atoms with E-state index >= 15 is 0 Å². The van der Waals surface area contributed by atoms with Crippen LogP contribution in [0.1, 0.15) is 64.5 Å².